The van der Waals surface area contributed by atoms with Crippen molar-refractivity contribution in [3.05, 3.63) is 102 Å². The van der Waals surface area contributed by atoms with E-state index < -0.39 is 0 Å². The third-order valence-electron chi connectivity index (χ3n) is 4.83. The molecule has 2 aliphatic carbocycles. The first-order valence-electron chi connectivity index (χ1n) is 9.05. The van der Waals surface area contributed by atoms with Crippen molar-refractivity contribution in [3.8, 4) is 0 Å². The van der Waals surface area contributed by atoms with E-state index in [4.69, 9.17) is 0 Å². The summed E-state index contributed by atoms with van der Waals surface area (Å²) in [6.45, 7) is 0. The molecule has 0 fully saturated rings. The van der Waals surface area contributed by atoms with Crippen molar-refractivity contribution in [1.29, 1.82) is 0 Å². The van der Waals surface area contributed by atoms with E-state index in [0.29, 0.717) is 6.04 Å². The Balaban J connectivity index is 1.39. The molecule has 1 atom stereocenters. The van der Waals surface area contributed by atoms with Crippen LogP contribution in [0.25, 0.3) is 11.1 Å². The first-order chi connectivity index (χ1) is 12.4. The predicted octanol–water partition coefficient (Wildman–Crippen LogP) is 6.24. The minimum Gasteiger partial charge on any atom is -0.379 e. The van der Waals surface area contributed by atoms with Crippen LogP contribution < -0.4 is 5.32 Å². The molecular formula is C24H23N. The molecule has 124 valence electrons. The molecule has 2 aromatic carbocycles. The SMILES string of the molecule is C1=CCCC(c2ccc(NC3C=CC(c4ccccc4)=CC3)cc2)=C1. The summed E-state index contributed by atoms with van der Waals surface area (Å²) in [5, 5.41) is 3.62. The average Bonchev–Trinajstić information content (AvgIpc) is 2.71. The fourth-order valence-electron chi connectivity index (χ4n) is 3.41. The van der Waals surface area contributed by atoms with Gasteiger partial charge in [-0.15, -0.1) is 0 Å². The maximum atomic E-state index is 3.62. The normalized spacial score (nSPS) is 19.3. The lowest BCUT2D eigenvalue weighted by Gasteiger charge is -2.19. The molecule has 0 saturated carbocycles. The molecule has 1 heteroatoms. The third kappa shape index (κ3) is 3.83. The summed E-state index contributed by atoms with van der Waals surface area (Å²) in [6, 6.07) is 19.8. The number of hydrogen-bond donors (Lipinski definition) is 1. The standard InChI is InChI=1S/C24H23N/c1-3-7-19(8-4-1)21-11-15-23(16-12-21)25-24-17-13-22(14-18-24)20-9-5-2-6-10-20/h1-5,7-9,11-15,17-18,23,25H,6,10,16H2. The molecule has 0 heterocycles. The van der Waals surface area contributed by atoms with Gasteiger partial charge in [0.25, 0.3) is 0 Å². The van der Waals surface area contributed by atoms with Crippen LogP contribution in [0, 0.1) is 0 Å². The zero-order chi connectivity index (χ0) is 16.9. The average molecular weight is 325 g/mol. The van der Waals surface area contributed by atoms with E-state index in [9.17, 15) is 0 Å². The summed E-state index contributed by atoms with van der Waals surface area (Å²) >= 11 is 0. The Hall–Kier alpha value is -2.80. The topological polar surface area (TPSA) is 12.0 Å². The lowest BCUT2D eigenvalue weighted by Crippen LogP contribution is -2.17. The fraction of sp³-hybridized carbons (Fsp3) is 0.167. The van der Waals surface area contributed by atoms with Gasteiger partial charge in [0.2, 0.25) is 0 Å². The summed E-state index contributed by atoms with van der Waals surface area (Å²) < 4.78 is 0. The van der Waals surface area contributed by atoms with Gasteiger partial charge < -0.3 is 5.32 Å². The van der Waals surface area contributed by atoms with Gasteiger partial charge >= 0.3 is 0 Å². The van der Waals surface area contributed by atoms with E-state index in [0.717, 1.165) is 19.3 Å². The van der Waals surface area contributed by atoms with Gasteiger partial charge in [0.1, 0.15) is 0 Å². The van der Waals surface area contributed by atoms with Crippen molar-refractivity contribution < 1.29 is 0 Å². The van der Waals surface area contributed by atoms with Crippen molar-refractivity contribution in [3.63, 3.8) is 0 Å². The van der Waals surface area contributed by atoms with Crippen molar-refractivity contribution in [2.24, 2.45) is 0 Å². The van der Waals surface area contributed by atoms with Crippen LogP contribution in [0.2, 0.25) is 0 Å². The van der Waals surface area contributed by atoms with E-state index in [1.807, 2.05) is 0 Å². The van der Waals surface area contributed by atoms with E-state index >= 15 is 0 Å². The monoisotopic (exact) mass is 325 g/mol. The molecule has 4 rings (SSSR count). The van der Waals surface area contributed by atoms with Crippen LogP contribution in [0.4, 0.5) is 5.69 Å². The molecule has 2 aliphatic rings. The quantitative estimate of drug-likeness (QED) is 0.701. The van der Waals surface area contributed by atoms with Crippen LogP contribution in [0.3, 0.4) is 0 Å². The highest BCUT2D eigenvalue weighted by molar-refractivity contribution is 5.75. The van der Waals surface area contributed by atoms with Crippen LogP contribution in [-0.2, 0) is 0 Å². The van der Waals surface area contributed by atoms with Crippen LogP contribution in [0.5, 0.6) is 0 Å². The number of allylic oxidation sites excluding steroid dienone is 6. The molecule has 1 unspecified atom stereocenters. The van der Waals surface area contributed by atoms with Crippen LogP contribution in [0.1, 0.15) is 30.4 Å². The Morgan fingerprint density at radius 1 is 0.880 bits per heavy atom. The second-order valence-corrected chi connectivity index (χ2v) is 6.61. The van der Waals surface area contributed by atoms with Crippen molar-refractivity contribution in [2.75, 3.05) is 5.32 Å². The zero-order valence-electron chi connectivity index (χ0n) is 14.4. The van der Waals surface area contributed by atoms with Crippen LogP contribution >= 0.6 is 0 Å². The highest BCUT2D eigenvalue weighted by Gasteiger charge is 2.10. The van der Waals surface area contributed by atoms with Gasteiger partial charge in [0.15, 0.2) is 0 Å². The lowest BCUT2D eigenvalue weighted by atomic mass is 9.96. The minimum atomic E-state index is 0.357. The zero-order valence-corrected chi connectivity index (χ0v) is 14.4. The molecule has 0 spiro atoms. The van der Waals surface area contributed by atoms with E-state index in [-0.39, 0.29) is 0 Å². The number of anilines is 1. The number of nitrogens with one attached hydrogen (secondary N) is 1. The Labute approximate surface area is 150 Å². The Morgan fingerprint density at radius 3 is 2.40 bits per heavy atom. The third-order valence-corrected chi connectivity index (χ3v) is 4.83. The number of benzene rings is 2. The summed E-state index contributed by atoms with van der Waals surface area (Å²) in [5.74, 6) is 0. The van der Waals surface area contributed by atoms with Gasteiger partial charge in [-0.1, -0.05) is 78.9 Å². The van der Waals surface area contributed by atoms with Gasteiger partial charge in [-0.3, -0.25) is 0 Å². The highest BCUT2D eigenvalue weighted by atomic mass is 14.9. The molecule has 0 aromatic heterocycles. The van der Waals surface area contributed by atoms with Gasteiger partial charge in [0, 0.05) is 11.7 Å². The minimum absolute atomic E-state index is 0.357. The van der Waals surface area contributed by atoms with Gasteiger partial charge in [-0.25, -0.2) is 0 Å². The molecule has 25 heavy (non-hydrogen) atoms. The van der Waals surface area contributed by atoms with Crippen molar-refractivity contribution >= 4 is 16.8 Å². The molecule has 0 amide bonds. The Morgan fingerprint density at radius 2 is 1.72 bits per heavy atom. The Bertz CT molecular complexity index is 835. The van der Waals surface area contributed by atoms with Crippen molar-refractivity contribution in [2.45, 2.75) is 25.3 Å². The molecule has 0 saturated heterocycles. The highest BCUT2D eigenvalue weighted by Crippen LogP contribution is 2.26. The fourth-order valence-corrected chi connectivity index (χ4v) is 3.41. The van der Waals surface area contributed by atoms with E-state index in [2.05, 4.69) is 96.4 Å². The van der Waals surface area contributed by atoms with Gasteiger partial charge in [-0.05, 0) is 53.7 Å². The molecular weight excluding hydrogens is 302 g/mol. The molecule has 1 nitrogen and oxygen atoms in total. The molecule has 2 aromatic rings. The second kappa shape index (κ2) is 7.40. The maximum absolute atomic E-state index is 3.62. The summed E-state index contributed by atoms with van der Waals surface area (Å²) in [4.78, 5) is 0. The van der Waals surface area contributed by atoms with Crippen LogP contribution in [0.15, 0.2) is 91.1 Å². The summed E-state index contributed by atoms with van der Waals surface area (Å²) in [7, 11) is 0. The molecule has 1 N–H and O–H groups in total. The smallest absolute Gasteiger partial charge is 0.0482 e. The maximum Gasteiger partial charge on any atom is 0.0482 e. The molecule has 0 aliphatic heterocycles. The Kier molecular flexibility index (Phi) is 4.65. The van der Waals surface area contributed by atoms with E-state index in [1.54, 1.807) is 0 Å². The van der Waals surface area contributed by atoms with Crippen LogP contribution in [-0.4, -0.2) is 6.04 Å². The molecule has 0 radical (unpaired) electrons. The van der Waals surface area contributed by atoms with Crippen molar-refractivity contribution in [1.82, 2.24) is 0 Å². The summed E-state index contributed by atoms with van der Waals surface area (Å²) in [5.41, 5.74) is 6.55. The largest absolute Gasteiger partial charge is 0.379 e. The molecule has 0 bridgehead atoms. The lowest BCUT2D eigenvalue weighted by molar-refractivity contribution is 0.886. The van der Waals surface area contributed by atoms with Gasteiger partial charge in [-0.2, -0.15) is 0 Å². The number of hydrogen-bond acceptors (Lipinski definition) is 1. The first-order valence-corrected chi connectivity index (χ1v) is 9.05. The second-order valence-electron chi connectivity index (χ2n) is 6.61. The first kappa shape index (κ1) is 15.7. The predicted molar refractivity (Wildman–Crippen MR) is 108 cm³/mol. The van der Waals surface area contributed by atoms with E-state index in [1.165, 1.54) is 28.0 Å². The summed E-state index contributed by atoms with van der Waals surface area (Å²) in [6.07, 6.45) is 16.7. The van der Waals surface area contributed by atoms with Gasteiger partial charge in [0.05, 0.1) is 0 Å². The number of rotatable bonds is 4.